The highest BCUT2D eigenvalue weighted by atomic mass is 16.5. The molecule has 0 radical (unpaired) electrons. The monoisotopic (exact) mass is 201 g/mol. The van der Waals surface area contributed by atoms with Gasteiger partial charge in [-0.05, 0) is 38.8 Å². The van der Waals surface area contributed by atoms with Gasteiger partial charge in [0.25, 0.3) is 0 Å². The zero-order valence-electron chi connectivity index (χ0n) is 9.53. The molecule has 1 aliphatic rings. The van der Waals surface area contributed by atoms with Gasteiger partial charge >= 0.3 is 0 Å². The fraction of sp³-hybridized carbons (Fsp3) is 1.00. The van der Waals surface area contributed by atoms with Gasteiger partial charge in [0, 0.05) is 0 Å². The molecular weight excluding hydrogens is 178 g/mol. The van der Waals surface area contributed by atoms with Gasteiger partial charge in [-0.15, -0.1) is 0 Å². The smallest absolute Gasteiger partial charge is 0.167 e. The van der Waals surface area contributed by atoms with Crippen molar-refractivity contribution in [1.82, 2.24) is 4.90 Å². The average Bonchev–Trinajstić information content (AvgIpc) is 2.48. The molecule has 1 saturated carbocycles. The Morgan fingerprint density at radius 1 is 1.21 bits per heavy atom. The van der Waals surface area contributed by atoms with Gasteiger partial charge in [-0.25, -0.2) is 0 Å². The summed E-state index contributed by atoms with van der Waals surface area (Å²) in [5.74, 6) is 0. The SMILES string of the molecule is CN(C)C(CC1(C)CCCC1)C(O)O. The van der Waals surface area contributed by atoms with E-state index in [0.717, 1.165) is 6.42 Å². The van der Waals surface area contributed by atoms with Crippen LogP contribution in [-0.2, 0) is 0 Å². The van der Waals surface area contributed by atoms with E-state index in [-0.39, 0.29) is 6.04 Å². The zero-order chi connectivity index (χ0) is 10.8. The van der Waals surface area contributed by atoms with Crippen molar-refractivity contribution in [2.24, 2.45) is 5.41 Å². The van der Waals surface area contributed by atoms with Crippen LogP contribution in [0.5, 0.6) is 0 Å². The summed E-state index contributed by atoms with van der Waals surface area (Å²) >= 11 is 0. The van der Waals surface area contributed by atoms with Gasteiger partial charge in [0.05, 0.1) is 6.04 Å². The Kier molecular flexibility index (Phi) is 3.93. The average molecular weight is 201 g/mol. The van der Waals surface area contributed by atoms with E-state index >= 15 is 0 Å². The second kappa shape index (κ2) is 4.60. The minimum absolute atomic E-state index is 0.127. The number of rotatable bonds is 4. The molecule has 0 aromatic rings. The maximum absolute atomic E-state index is 9.27. The first-order chi connectivity index (χ1) is 6.44. The van der Waals surface area contributed by atoms with Crippen LogP contribution in [0, 0.1) is 5.41 Å². The van der Waals surface area contributed by atoms with Crippen LogP contribution in [0.1, 0.15) is 39.0 Å². The highest BCUT2D eigenvalue weighted by molar-refractivity contribution is 4.85. The summed E-state index contributed by atoms with van der Waals surface area (Å²) in [6, 6.07) is -0.127. The van der Waals surface area contributed by atoms with Crippen LogP contribution in [0.25, 0.3) is 0 Å². The van der Waals surface area contributed by atoms with Gasteiger partial charge in [-0.1, -0.05) is 19.8 Å². The van der Waals surface area contributed by atoms with Gasteiger partial charge < -0.3 is 15.1 Å². The van der Waals surface area contributed by atoms with Crippen LogP contribution in [0.15, 0.2) is 0 Å². The van der Waals surface area contributed by atoms with Gasteiger partial charge in [0.1, 0.15) is 0 Å². The Labute approximate surface area is 86.7 Å². The molecule has 0 saturated heterocycles. The van der Waals surface area contributed by atoms with Gasteiger partial charge in [-0.3, -0.25) is 0 Å². The lowest BCUT2D eigenvalue weighted by Crippen LogP contribution is -2.42. The van der Waals surface area contributed by atoms with E-state index in [9.17, 15) is 10.2 Å². The summed E-state index contributed by atoms with van der Waals surface area (Å²) in [7, 11) is 3.81. The number of aliphatic hydroxyl groups excluding tert-OH is 1. The third kappa shape index (κ3) is 2.94. The quantitative estimate of drug-likeness (QED) is 0.672. The molecule has 84 valence electrons. The molecule has 2 N–H and O–H groups in total. The van der Waals surface area contributed by atoms with Crippen LogP contribution in [0.3, 0.4) is 0 Å². The maximum atomic E-state index is 9.27. The molecule has 1 aliphatic carbocycles. The Bertz CT molecular complexity index is 166. The van der Waals surface area contributed by atoms with Crippen LogP contribution >= 0.6 is 0 Å². The zero-order valence-corrected chi connectivity index (χ0v) is 9.53. The number of aliphatic hydroxyl groups is 2. The van der Waals surface area contributed by atoms with E-state index in [4.69, 9.17) is 0 Å². The van der Waals surface area contributed by atoms with Crippen molar-refractivity contribution in [2.75, 3.05) is 14.1 Å². The summed E-state index contributed by atoms with van der Waals surface area (Å²) < 4.78 is 0. The van der Waals surface area contributed by atoms with E-state index in [2.05, 4.69) is 6.92 Å². The third-order valence-corrected chi connectivity index (χ3v) is 3.52. The molecule has 0 aromatic heterocycles. The van der Waals surface area contributed by atoms with E-state index in [1.807, 2.05) is 19.0 Å². The van der Waals surface area contributed by atoms with Crippen molar-refractivity contribution < 1.29 is 10.2 Å². The lowest BCUT2D eigenvalue weighted by molar-refractivity contribution is -0.101. The van der Waals surface area contributed by atoms with E-state index in [1.54, 1.807) is 0 Å². The molecule has 14 heavy (non-hydrogen) atoms. The highest BCUT2D eigenvalue weighted by Crippen LogP contribution is 2.42. The van der Waals surface area contributed by atoms with Gasteiger partial charge in [-0.2, -0.15) is 0 Å². The first-order valence-corrected chi connectivity index (χ1v) is 5.47. The van der Waals surface area contributed by atoms with Crippen molar-refractivity contribution in [2.45, 2.75) is 51.4 Å². The van der Waals surface area contributed by atoms with Crippen LogP contribution in [-0.4, -0.2) is 41.5 Å². The summed E-state index contributed by atoms with van der Waals surface area (Å²) in [5.41, 5.74) is 0.318. The molecule has 0 amide bonds. The second-order valence-electron chi connectivity index (χ2n) is 5.17. The topological polar surface area (TPSA) is 43.7 Å². The third-order valence-electron chi connectivity index (χ3n) is 3.52. The van der Waals surface area contributed by atoms with E-state index < -0.39 is 6.29 Å². The molecule has 0 bridgehead atoms. The van der Waals surface area contributed by atoms with Crippen molar-refractivity contribution in [3.8, 4) is 0 Å². The largest absolute Gasteiger partial charge is 0.367 e. The van der Waals surface area contributed by atoms with E-state index in [1.165, 1.54) is 25.7 Å². The second-order valence-corrected chi connectivity index (χ2v) is 5.17. The first kappa shape index (κ1) is 12.0. The predicted octanol–water partition coefficient (Wildman–Crippen LogP) is 1.20. The van der Waals surface area contributed by atoms with Gasteiger partial charge in [0.2, 0.25) is 0 Å². The summed E-state index contributed by atoms with van der Waals surface area (Å²) in [6.07, 6.45) is 4.70. The number of hydrogen-bond acceptors (Lipinski definition) is 3. The molecule has 1 atom stereocenters. The molecule has 3 nitrogen and oxygen atoms in total. The van der Waals surface area contributed by atoms with Crippen LogP contribution in [0.2, 0.25) is 0 Å². The number of nitrogens with zero attached hydrogens (tertiary/aromatic N) is 1. The summed E-state index contributed by atoms with van der Waals surface area (Å²) in [5, 5.41) is 18.5. The normalized spacial score (nSPS) is 23.4. The molecule has 0 aliphatic heterocycles. The molecule has 1 fully saturated rings. The summed E-state index contributed by atoms with van der Waals surface area (Å²) in [6.45, 7) is 2.26. The molecule has 0 heterocycles. The first-order valence-electron chi connectivity index (χ1n) is 5.47. The van der Waals surface area contributed by atoms with Gasteiger partial charge in [0.15, 0.2) is 6.29 Å². The van der Waals surface area contributed by atoms with Crippen molar-refractivity contribution >= 4 is 0 Å². The molecule has 0 spiro atoms. The highest BCUT2D eigenvalue weighted by Gasteiger charge is 2.34. The molecule has 1 unspecified atom stereocenters. The minimum Gasteiger partial charge on any atom is -0.367 e. The van der Waals surface area contributed by atoms with Crippen LogP contribution in [0.4, 0.5) is 0 Å². The fourth-order valence-corrected chi connectivity index (χ4v) is 2.49. The van der Waals surface area contributed by atoms with Crippen LogP contribution < -0.4 is 0 Å². The van der Waals surface area contributed by atoms with Crippen molar-refractivity contribution in [1.29, 1.82) is 0 Å². The Morgan fingerprint density at radius 3 is 2.07 bits per heavy atom. The fourth-order valence-electron chi connectivity index (χ4n) is 2.49. The standard InChI is InChI=1S/C11H23NO2/c1-11(6-4-5-7-11)8-9(10(13)14)12(2)3/h9-10,13-14H,4-8H2,1-3H3. The Balaban J connectivity index is 2.54. The Hall–Kier alpha value is -0.120. The van der Waals surface area contributed by atoms with Crippen molar-refractivity contribution in [3.05, 3.63) is 0 Å². The maximum Gasteiger partial charge on any atom is 0.167 e. The molecule has 1 rings (SSSR count). The van der Waals surface area contributed by atoms with Crippen molar-refractivity contribution in [3.63, 3.8) is 0 Å². The molecular formula is C11H23NO2. The Morgan fingerprint density at radius 2 is 1.71 bits per heavy atom. The minimum atomic E-state index is -1.22. The number of hydrogen-bond donors (Lipinski definition) is 2. The van der Waals surface area contributed by atoms with E-state index in [0.29, 0.717) is 5.41 Å². The predicted molar refractivity (Wildman–Crippen MR) is 56.9 cm³/mol. The lowest BCUT2D eigenvalue weighted by Gasteiger charge is -2.34. The summed E-state index contributed by atoms with van der Waals surface area (Å²) in [4.78, 5) is 1.91. The lowest BCUT2D eigenvalue weighted by atomic mass is 9.81. The molecule has 3 heteroatoms. The molecule has 0 aromatic carbocycles. The number of likely N-dealkylation sites (N-methyl/N-ethyl adjacent to an activating group) is 1.